The maximum atomic E-state index is 12.1. The minimum Gasteiger partial charge on any atom is -0.508 e. The van der Waals surface area contributed by atoms with E-state index in [-0.39, 0.29) is 10.6 Å². The Labute approximate surface area is 172 Å². The number of rotatable bonds is 4. The molecule has 0 saturated heterocycles. The topological polar surface area (TPSA) is 98.2 Å². The Morgan fingerprint density at radius 3 is 2.17 bits per heavy atom. The number of halogens is 1. The molecule has 0 aliphatic carbocycles. The molecule has 8 heteroatoms. The molecule has 3 N–H and O–H groups in total. The van der Waals surface area contributed by atoms with E-state index in [1.54, 1.807) is 59.3 Å². The number of hydrogen-bond acceptors (Lipinski definition) is 4. The van der Waals surface area contributed by atoms with Crippen LogP contribution in [0.2, 0.25) is 5.02 Å². The van der Waals surface area contributed by atoms with Crippen molar-refractivity contribution in [1.82, 2.24) is 9.78 Å². The zero-order valence-electron chi connectivity index (χ0n) is 15.0. The van der Waals surface area contributed by atoms with Crippen molar-refractivity contribution < 1.29 is 13.5 Å². The van der Waals surface area contributed by atoms with Gasteiger partial charge in [-0.15, -0.1) is 0 Å². The maximum absolute atomic E-state index is 12.1. The number of nitrogens with zero attached hydrogens (tertiary/aromatic N) is 2. The lowest BCUT2D eigenvalue weighted by Gasteiger charge is -2.11. The fourth-order valence-corrected chi connectivity index (χ4v) is 3.88. The first-order valence-corrected chi connectivity index (χ1v) is 10.5. The second-order valence-electron chi connectivity index (χ2n) is 6.39. The Morgan fingerprint density at radius 2 is 1.52 bits per heavy atom. The van der Waals surface area contributed by atoms with Crippen LogP contribution in [-0.2, 0) is 10.0 Å². The standard InChI is InChI=1S/C21H16ClN3O3S/c22-16-9-5-15(6-10-16)20-13-18(14-7-11-17(26)12-8-14)24-25(20)19-3-1-2-4-21(19)29(23,27)28/h1-13,26H,(H2,23,27,28). The van der Waals surface area contributed by atoms with Crippen LogP contribution >= 0.6 is 11.6 Å². The third kappa shape index (κ3) is 3.88. The molecule has 0 aliphatic rings. The van der Waals surface area contributed by atoms with Gasteiger partial charge >= 0.3 is 0 Å². The van der Waals surface area contributed by atoms with E-state index in [9.17, 15) is 13.5 Å². The van der Waals surface area contributed by atoms with Gasteiger partial charge in [0.1, 0.15) is 10.6 Å². The summed E-state index contributed by atoms with van der Waals surface area (Å²) in [7, 11) is -3.96. The molecule has 3 aromatic carbocycles. The molecule has 0 amide bonds. The first kappa shape index (κ1) is 19.2. The molecule has 0 saturated carbocycles. The number of benzene rings is 3. The number of sulfonamides is 1. The maximum Gasteiger partial charge on any atom is 0.240 e. The van der Waals surface area contributed by atoms with E-state index in [1.807, 2.05) is 18.2 Å². The first-order valence-electron chi connectivity index (χ1n) is 8.60. The summed E-state index contributed by atoms with van der Waals surface area (Å²) < 4.78 is 25.8. The predicted molar refractivity (Wildman–Crippen MR) is 112 cm³/mol. The molecule has 0 spiro atoms. The lowest BCUT2D eigenvalue weighted by Crippen LogP contribution is -2.16. The van der Waals surface area contributed by atoms with Gasteiger partial charge in [-0.1, -0.05) is 35.9 Å². The third-order valence-electron chi connectivity index (χ3n) is 4.41. The van der Waals surface area contributed by atoms with Gasteiger partial charge in [-0.3, -0.25) is 0 Å². The van der Waals surface area contributed by atoms with Gasteiger partial charge < -0.3 is 5.11 Å². The van der Waals surface area contributed by atoms with E-state index in [1.165, 1.54) is 6.07 Å². The zero-order valence-corrected chi connectivity index (χ0v) is 16.6. The van der Waals surface area contributed by atoms with Crippen molar-refractivity contribution in [2.24, 2.45) is 5.14 Å². The molecule has 1 aromatic heterocycles. The van der Waals surface area contributed by atoms with Crippen molar-refractivity contribution in [1.29, 1.82) is 0 Å². The van der Waals surface area contributed by atoms with E-state index >= 15 is 0 Å². The highest BCUT2D eigenvalue weighted by atomic mass is 35.5. The fourth-order valence-electron chi connectivity index (χ4n) is 3.04. The SMILES string of the molecule is NS(=O)(=O)c1ccccc1-n1nc(-c2ccc(O)cc2)cc1-c1ccc(Cl)cc1. The van der Waals surface area contributed by atoms with Gasteiger partial charge in [0.05, 0.1) is 17.1 Å². The summed E-state index contributed by atoms with van der Waals surface area (Å²) in [4.78, 5) is -0.0319. The van der Waals surface area contributed by atoms with E-state index < -0.39 is 10.0 Å². The first-order chi connectivity index (χ1) is 13.8. The van der Waals surface area contributed by atoms with E-state index in [4.69, 9.17) is 16.7 Å². The molecule has 29 heavy (non-hydrogen) atoms. The fraction of sp³-hybridized carbons (Fsp3) is 0. The smallest absolute Gasteiger partial charge is 0.240 e. The highest BCUT2D eigenvalue weighted by molar-refractivity contribution is 7.89. The zero-order chi connectivity index (χ0) is 20.6. The van der Waals surface area contributed by atoms with Gasteiger partial charge in [0.25, 0.3) is 0 Å². The molecule has 0 aliphatic heterocycles. The van der Waals surface area contributed by atoms with E-state index in [0.29, 0.717) is 22.1 Å². The van der Waals surface area contributed by atoms with Crippen LogP contribution in [-0.4, -0.2) is 23.3 Å². The van der Waals surface area contributed by atoms with E-state index in [2.05, 4.69) is 5.10 Å². The van der Waals surface area contributed by atoms with Gasteiger partial charge in [0.15, 0.2) is 0 Å². The van der Waals surface area contributed by atoms with Crippen LogP contribution in [0, 0.1) is 0 Å². The molecule has 0 unspecified atom stereocenters. The molecule has 0 fully saturated rings. The van der Waals surface area contributed by atoms with Crippen molar-refractivity contribution in [3.8, 4) is 34.0 Å². The number of aromatic hydroxyl groups is 1. The molecular formula is C21H16ClN3O3S. The van der Waals surface area contributed by atoms with Crippen LogP contribution in [0.5, 0.6) is 5.75 Å². The number of phenols is 1. The second-order valence-corrected chi connectivity index (χ2v) is 8.36. The average molecular weight is 426 g/mol. The van der Waals surface area contributed by atoms with Gasteiger partial charge in [-0.25, -0.2) is 18.2 Å². The van der Waals surface area contributed by atoms with Crippen molar-refractivity contribution in [2.75, 3.05) is 0 Å². The summed E-state index contributed by atoms with van der Waals surface area (Å²) in [6.45, 7) is 0. The summed E-state index contributed by atoms with van der Waals surface area (Å²) >= 11 is 6.01. The molecule has 146 valence electrons. The van der Waals surface area contributed by atoms with Gasteiger partial charge in [0.2, 0.25) is 10.0 Å². The molecule has 0 atom stereocenters. The van der Waals surface area contributed by atoms with Crippen molar-refractivity contribution in [2.45, 2.75) is 4.90 Å². The third-order valence-corrected chi connectivity index (χ3v) is 5.62. The monoisotopic (exact) mass is 425 g/mol. The quantitative estimate of drug-likeness (QED) is 0.511. The Balaban J connectivity index is 1.98. The summed E-state index contributed by atoms with van der Waals surface area (Å²) in [6.07, 6.45) is 0. The van der Waals surface area contributed by atoms with Crippen LogP contribution in [0.1, 0.15) is 0 Å². The number of aromatic nitrogens is 2. The lowest BCUT2D eigenvalue weighted by atomic mass is 10.1. The Morgan fingerprint density at radius 1 is 0.897 bits per heavy atom. The number of para-hydroxylation sites is 1. The van der Waals surface area contributed by atoms with Crippen molar-refractivity contribution in [3.63, 3.8) is 0 Å². The molecular weight excluding hydrogens is 410 g/mol. The molecule has 0 bridgehead atoms. The normalized spacial score (nSPS) is 11.5. The van der Waals surface area contributed by atoms with Crippen LogP contribution < -0.4 is 5.14 Å². The average Bonchev–Trinajstić information content (AvgIpc) is 3.14. The van der Waals surface area contributed by atoms with Gasteiger partial charge in [-0.05, 0) is 54.6 Å². The number of nitrogens with two attached hydrogens (primary N) is 1. The number of phenolic OH excluding ortho intramolecular Hbond substituents is 1. The van der Waals surface area contributed by atoms with Crippen LogP contribution in [0.15, 0.2) is 83.8 Å². The van der Waals surface area contributed by atoms with Crippen LogP contribution in [0.25, 0.3) is 28.2 Å². The minimum atomic E-state index is -3.96. The van der Waals surface area contributed by atoms with Gasteiger partial charge in [0, 0.05) is 16.1 Å². The Kier molecular flexibility index (Phi) is 4.87. The largest absolute Gasteiger partial charge is 0.508 e. The lowest BCUT2D eigenvalue weighted by molar-refractivity contribution is 0.475. The Bertz CT molecular complexity index is 1280. The number of hydrogen-bond donors (Lipinski definition) is 2. The number of primary sulfonamides is 1. The summed E-state index contributed by atoms with van der Waals surface area (Å²) in [6, 6.07) is 22.0. The molecule has 0 radical (unpaired) electrons. The predicted octanol–water partition coefficient (Wildman–Crippen LogP) is 4.21. The van der Waals surface area contributed by atoms with Crippen molar-refractivity contribution >= 4 is 21.6 Å². The molecule has 4 aromatic rings. The highest BCUT2D eigenvalue weighted by Crippen LogP contribution is 2.32. The Hall–Kier alpha value is -3.13. The van der Waals surface area contributed by atoms with Crippen molar-refractivity contribution in [3.05, 3.63) is 83.9 Å². The summed E-state index contributed by atoms with van der Waals surface area (Å²) in [5.41, 5.74) is 3.19. The highest BCUT2D eigenvalue weighted by Gasteiger charge is 2.20. The van der Waals surface area contributed by atoms with Gasteiger partial charge in [-0.2, -0.15) is 5.10 Å². The molecule has 1 heterocycles. The minimum absolute atomic E-state index is 0.0319. The molecule has 6 nitrogen and oxygen atoms in total. The second kappa shape index (κ2) is 7.36. The van der Waals surface area contributed by atoms with E-state index in [0.717, 1.165) is 11.1 Å². The summed E-state index contributed by atoms with van der Waals surface area (Å²) in [5, 5.41) is 20.2. The van der Waals surface area contributed by atoms with Crippen LogP contribution in [0.3, 0.4) is 0 Å². The summed E-state index contributed by atoms with van der Waals surface area (Å²) in [5.74, 6) is 0.144. The molecule has 4 rings (SSSR count). The van der Waals surface area contributed by atoms with Crippen LogP contribution in [0.4, 0.5) is 0 Å².